The number of aromatic nitrogens is 5. The zero-order valence-corrected chi connectivity index (χ0v) is 14.0. The van der Waals surface area contributed by atoms with E-state index in [4.69, 9.17) is 4.74 Å². The Balaban J connectivity index is 1.38. The second kappa shape index (κ2) is 5.78. The molecule has 1 saturated heterocycles. The molecule has 1 unspecified atom stereocenters. The summed E-state index contributed by atoms with van der Waals surface area (Å²) in [5.41, 5.74) is 1.43. The van der Waals surface area contributed by atoms with Gasteiger partial charge in [-0.3, -0.25) is 5.10 Å². The number of ether oxygens (including phenoxy) is 1. The predicted molar refractivity (Wildman–Crippen MR) is 91.3 cm³/mol. The summed E-state index contributed by atoms with van der Waals surface area (Å²) in [6, 6.07) is 0. The molecule has 2 aliphatic rings. The van der Waals surface area contributed by atoms with Crippen molar-refractivity contribution in [3.63, 3.8) is 0 Å². The molecule has 3 aromatic rings. The van der Waals surface area contributed by atoms with E-state index >= 15 is 0 Å². The van der Waals surface area contributed by atoms with Crippen molar-refractivity contribution in [2.45, 2.75) is 38.1 Å². The average Bonchev–Trinajstić information content (AvgIpc) is 3.34. The maximum absolute atomic E-state index is 5.41. The highest BCUT2D eigenvalue weighted by atomic mass is 32.1. The minimum atomic E-state index is 0.320. The number of H-pyrrole nitrogens is 1. The molecule has 2 N–H and O–H groups in total. The Morgan fingerprint density at radius 3 is 3.25 bits per heavy atom. The fraction of sp³-hybridized carbons (Fsp3) is 0.500. The molecule has 124 valence electrons. The molecule has 0 spiro atoms. The van der Waals surface area contributed by atoms with Crippen molar-refractivity contribution >= 4 is 27.4 Å². The van der Waals surface area contributed by atoms with Gasteiger partial charge in [0.05, 0.1) is 18.5 Å². The Labute approximate surface area is 142 Å². The number of hydrogen-bond acceptors (Lipinski definition) is 7. The van der Waals surface area contributed by atoms with Crippen LogP contribution in [-0.2, 0) is 24.1 Å². The van der Waals surface area contributed by atoms with E-state index in [0.29, 0.717) is 12.5 Å². The maximum atomic E-state index is 5.41. The lowest BCUT2D eigenvalue weighted by Crippen LogP contribution is -2.05. The van der Waals surface area contributed by atoms with Crippen LogP contribution in [0, 0.1) is 0 Å². The molecule has 1 atom stereocenters. The van der Waals surface area contributed by atoms with Gasteiger partial charge in [-0.05, 0) is 31.2 Å². The minimum absolute atomic E-state index is 0.320. The highest BCUT2D eigenvalue weighted by molar-refractivity contribution is 7.19. The van der Waals surface area contributed by atoms with Crippen molar-refractivity contribution < 1.29 is 4.74 Å². The Bertz CT molecular complexity index is 882. The van der Waals surface area contributed by atoms with Gasteiger partial charge >= 0.3 is 0 Å². The van der Waals surface area contributed by atoms with Gasteiger partial charge in [0.25, 0.3) is 0 Å². The van der Waals surface area contributed by atoms with Crippen molar-refractivity contribution in [2.75, 3.05) is 18.5 Å². The summed E-state index contributed by atoms with van der Waals surface area (Å²) in [6.07, 6.45) is 6.17. The van der Waals surface area contributed by atoms with Gasteiger partial charge in [-0.1, -0.05) is 0 Å². The molecular formula is C16H18N6OS. The van der Waals surface area contributed by atoms with E-state index in [9.17, 15) is 0 Å². The molecule has 0 aromatic carbocycles. The predicted octanol–water partition coefficient (Wildman–Crippen LogP) is 2.41. The molecule has 0 bridgehead atoms. The monoisotopic (exact) mass is 342 g/mol. The molecular weight excluding hydrogens is 324 g/mol. The average molecular weight is 342 g/mol. The van der Waals surface area contributed by atoms with Crippen molar-refractivity contribution in [2.24, 2.45) is 0 Å². The summed E-state index contributed by atoms with van der Waals surface area (Å²) < 4.78 is 5.41. The number of aryl methyl sites for hydroxylation is 2. The first-order valence-electron chi connectivity index (χ1n) is 8.36. The van der Waals surface area contributed by atoms with Crippen LogP contribution in [0.25, 0.3) is 10.2 Å². The molecule has 8 heteroatoms. The van der Waals surface area contributed by atoms with E-state index in [2.05, 4.69) is 30.5 Å². The molecule has 0 amide bonds. The zero-order chi connectivity index (χ0) is 15.9. The van der Waals surface area contributed by atoms with E-state index < -0.39 is 0 Å². The molecule has 1 aliphatic carbocycles. The van der Waals surface area contributed by atoms with Crippen molar-refractivity contribution in [3.8, 4) is 0 Å². The smallest absolute Gasteiger partial charge is 0.156 e. The number of fused-ring (bicyclic) bond motifs is 3. The molecule has 5 rings (SSSR count). The highest BCUT2D eigenvalue weighted by Gasteiger charge is 2.23. The number of nitrogens with zero attached hydrogens (tertiary/aromatic N) is 4. The first kappa shape index (κ1) is 14.3. The Hall–Kier alpha value is -2.06. The summed E-state index contributed by atoms with van der Waals surface area (Å²) in [5, 5.41) is 12.0. The first-order chi connectivity index (χ1) is 11.9. The number of hydrogen-bond donors (Lipinski definition) is 2. The largest absolute Gasteiger partial charge is 0.381 e. The van der Waals surface area contributed by atoms with E-state index in [1.807, 2.05) is 0 Å². The third kappa shape index (κ3) is 2.37. The van der Waals surface area contributed by atoms with Crippen molar-refractivity contribution in [1.29, 1.82) is 0 Å². The van der Waals surface area contributed by atoms with Crippen LogP contribution in [0.15, 0.2) is 6.33 Å². The standard InChI is InChI=1S/C16H18N6OS/c1-2-10-11(3-1)24-16-13(10)15(18-8-19-16)17-6-12-20-14(22-21-12)9-4-5-23-7-9/h8-9H,1-7H2,(H,17,18,19)(H,20,21,22). The van der Waals surface area contributed by atoms with Gasteiger partial charge in [0.2, 0.25) is 0 Å². The van der Waals surface area contributed by atoms with Gasteiger partial charge < -0.3 is 10.1 Å². The number of nitrogens with one attached hydrogen (secondary N) is 2. The van der Waals surface area contributed by atoms with Gasteiger partial charge in [0.1, 0.15) is 22.8 Å². The third-order valence-electron chi connectivity index (χ3n) is 4.77. The summed E-state index contributed by atoms with van der Waals surface area (Å²) in [6.45, 7) is 2.10. The summed E-state index contributed by atoms with van der Waals surface area (Å²) in [4.78, 5) is 16.0. The molecule has 0 saturated carbocycles. The fourth-order valence-electron chi connectivity index (χ4n) is 3.54. The van der Waals surface area contributed by atoms with Crippen molar-refractivity contribution in [1.82, 2.24) is 25.1 Å². The molecule has 0 radical (unpaired) electrons. The first-order valence-corrected chi connectivity index (χ1v) is 9.18. The van der Waals surface area contributed by atoms with Gasteiger partial charge in [0, 0.05) is 17.4 Å². The van der Waals surface area contributed by atoms with Crippen LogP contribution < -0.4 is 5.32 Å². The number of anilines is 1. The van der Waals surface area contributed by atoms with Crippen LogP contribution in [0.4, 0.5) is 5.82 Å². The minimum Gasteiger partial charge on any atom is -0.381 e. The highest BCUT2D eigenvalue weighted by Crippen LogP contribution is 2.39. The van der Waals surface area contributed by atoms with Gasteiger partial charge in [-0.15, -0.1) is 11.3 Å². The van der Waals surface area contributed by atoms with Gasteiger partial charge in [-0.2, -0.15) is 5.10 Å². The van der Waals surface area contributed by atoms with Gasteiger partial charge in [-0.25, -0.2) is 15.0 Å². The van der Waals surface area contributed by atoms with Crippen LogP contribution in [0.1, 0.15) is 40.8 Å². The Morgan fingerprint density at radius 2 is 2.33 bits per heavy atom. The topological polar surface area (TPSA) is 88.6 Å². The second-order valence-electron chi connectivity index (χ2n) is 6.31. The Kier molecular flexibility index (Phi) is 3.45. The van der Waals surface area contributed by atoms with E-state index in [1.165, 1.54) is 28.7 Å². The molecule has 7 nitrogen and oxygen atoms in total. The molecule has 1 fully saturated rings. The molecule has 1 aliphatic heterocycles. The van der Waals surface area contributed by atoms with E-state index in [0.717, 1.165) is 48.4 Å². The molecule has 24 heavy (non-hydrogen) atoms. The van der Waals surface area contributed by atoms with Crippen LogP contribution in [0.3, 0.4) is 0 Å². The van der Waals surface area contributed by atoms with E-state index in [1.54, 1.807) is 17.7 Å². The summed E-state index contributed by atoms with van der Waals surface area (Å²) >= 11 is 1.80. The third-order valence-corrected chi connectivity index (χ3v) is 5.97. The van der Waals surface area contributed by atoms with Gasteiger partial charge in [0.15, 0.2) is 5.82 Å². The second-order valence-corrected chi connectivity index (χ2v) is 7.40. The molecule has 4 heterocycles. The maximum Gasteiger partial charge on any atom is 0.156 e. The number of aromatic amines is 1. The normalized spacial score (nSPS) is 19.9. The lowest BCUT2D eigenvalue weighted by atomic mass is 10.1. The number of rotatable bonds is 4. The van der Waals surface area contributed by atoms with Crippen LogP contribution in [0.5, 0.6) is 0 Å². The van der Waals surface area contributed by atoms with Crippen LogP contribution >= 0.6 is 11.3 Å². The van der Waals surface area contributed by atoms with Crippen molar-refractivity contribution in [3.05, 3.63) is 28.4 Å². The zero-order valence-electron chi connectivity index (χ0n) is 13.2. The Morgan fingerprint density at radius 1 is 1.33 bits per heavy atom. The SMILES string of the molecule is c1nc(NCc2nc(C3CCOC3)n[nH]2)c2c3c(sc2n1)CCC3. The lowest BCUT2D eigenvalue weighted by Gasteiger charge is -2.05. The molecule has 3 aromatic heterocycles. The lowest BCUT2D eigenvalue weighted by molar-refractivity contribution is 0.193. The quantitative estimate of drug-likeness (QED) is 0.757. The summed E-state index contributed by atoms with van der Waals surface area (Å²) in [5.74, 6) is 2.91. The van der Waals surface area contributed by atoms with Crippen LogP contribution in [-0.4, -0.2) is 38.4 Å². The summed E-state index contributed by atoms with van der Waals surface area (Å²) in [7, 11) is 0. The van der Waals surface area contributed by atoms with E-state index in [-0.39, 0.29) is 0 Å². The fourth-order valence-corrected chi connectivity index (χ4v) is 4.77. The number of thiophene rings is 1. The van der Waals surface area contributed by atoms with Crippen LogP contribution in [0.2, 0.25) is 0 Å².